The molecule has 0 amide bonds. The van der Waals surface area contributed by atoms with Crippen molar-refractivity contribution in [1.82, 2.24) is 4.98 Å². The van der Waals surface area contributed by atoms with Gasteiger partial charge in [0.05, 0.1) is 18.5 Å². The van der Waals surface area contributed by atoms with Crippen molar-refractivity contribution in [3.8, 4) is 0 Å². The molecule has 1 aromatic carbocycles. The number of esters is 1. The highest BCUT2D eigenvalue weighted by Crippen LogP contribution is 2.29. The maximum absolute atomic E-state index is 12.0. The molecular formula is C16H19NO2. The largest absolute Gasteiger partial charge is 0.469 e. The molecule has 100 valence electrons. The number of methoxy groups -OCH3 is 1. The molecule has 0 radical (unpaired) electrons. The molecular weight excluding hydrogens is 238 g/mol. The molecule has 0 N–H and O–H groups in total. The Bertz CT molecular complexity index is 560. The van der Waals surface area contributed by atoms with Crippen LogP contribution in [0.25, 0.3) is 10.9 Å². The van der Waals surface area contributed by atoms with E-state index in [0.29, 0.717) is 0 Å². The number of carbonyl (C=O) groups excluding carboxylic acids is 1. The van der Waals surface area contributed by atoms with Gasteiger partial charge in [0.1, 0.15) is 0 Å². The first kappa shape index (κ1) is 13.5. The third-order valence-electron chi connectivity index (χ3n) is 3.39. The molecule has 3 nitrogen and oxygen atoms in total. The fourth-order valence-electron chi connectivity index (χ4n) is 2.38. The first-order valence-corrected chi connectivity index (χ1v) is 6.69. The molecule has 0 bridgehead atoms. The average Bonchev–Trinajstić information content (AvgIpc) is 2.47. The van der Waals surface area contributed by atoms with Crippen LogP contribution in [0.2, 0.25) is 0 Å². The molecule has 0 aliphatic rings. The number of nitrogens with zero attached hydrogens (tertiary/aromatic N) is 1. The molecule has 2 aromatic rings. The predicted octanol–water partition coefficient (Wildman–Crippen LogP) is 3.68. The normalized spacial score (nSPS) is 12.3. The monoisotopic (exact) mass is 257 g/mol. The third-order valence-corrected chi connectivity index (χ3v) is 3.39. The van der Waals surface area contributed by atoms with Gasteiger partial charge in [-0.25, -0.2) is 0 Å². The Morgan fingerprint density at radius 1 is 1.32 bits per heavy atom. The topological polar surface area (TPSA) is 39.2 Å². The molecule has 3 heteroatoms. The second kappa shape index (κ2) is 6.32. The second-order valence-corrected chi connectivity index (χ2v) is 4.64. The maximum Gasteiger partial charge on any atom is 0.313 e. The molecule has 19 heavy (non-hydrogen) atoms. The van der Waals surface area contributed by atoms with Crippen LogP contribution >= 0.6 is 0 Å². The van der Waals surface area contributed by atoms with Crippen LogP contribution in [0, 0.1) is 0 Å². The van der Waals surface area contributed by atoms with Gasteiger partial charge >= 0.3 is 5.97 Å². The highest BCUT2D eigenvalue weighted by Gasteiger charge is 2.22. The zero-order valence-corrected chi connectivity index (χ0v) is 11.4. The highest BCUT2D eigenvalue weighted by atomic mass is 16.5. The fraction of sp³-hybridized carbons (Fsp3) is 0.375. The van der Waals surface area contributed by atoms with Gasteiger partial charge in [-0.3, -0.25) is 9.78 Å². The van der Waals surface area contributed by atoms with Gasteiger partial charge in [-0.1, -0.05) is 38.0 Å². The molecule has 0 saturated heterocycles. The van der Waals surface area contributed by atoms with Crippen LogP contribution < -0.4 is 0 Å². The van der Waals surface area contributed by atoms with Crippen molar-refractivity contribution < 1.29 is 9.53 Å². The number of ether oxygens (including phenoxy) is 1. The van der Waals surface area contributed by atoms with Crippen molar-refractivity contribution in [2.45, 2.75) is 32.1 Å². The van der Waals surface area contributed by atoms with Crippen molar-refractivity contribution in [3.63, 3.8) is 0 Å². The van der Waals surface area contributed by atoms with E-state index in [-0.39, 0.29) is 11.9 Å². The van der Waals surface area contributed by atoms with Crippen molar-refractivity contribution >= 4 is 16.9 Å². The van der Waals surface area contributed by atoms with Crippen LogP contribution in [0.15, 0.2) is 36.5 Å². The summed E-state index contributed by atoms with van der Waals surface area (Å²) in [6, 6.07) is 9.83. The van der Waals surface area contributed by atoms with Gasteiger partial charge in [0.2, 0.25) is 0 Å². The number of rotatable bonds is 5. The van der Waals surface area contributed by atoms with Crippen molar-refractivity contribution in [1.29, 1.82) is 0 Å². The van der Waals surface area contributed by atoms with E-state index in [9.17, 15) is 4.79 Å². The summed E-state index contributed by atoms with van der Waals surface area (Å²) in [6.45, 7) is 2.12. The third kappa shape index (κ3) is 2.92. The van der Waals surface area contributed by atoms with Gasteiger partial charge < -0.3 is 4.74 Å². The number of benzene rings is 1. The summed E-state index contributed by atoms with van der Waals surface area (Å²) in [6.07, 6.45) is 4.66. The van der Waals surface area contributed by atoms with E-state index >= 15 is 0 Å². The van der Waals surface area contributed by atoms with Gasteiger partial charge in [0.15, 0.2) is 0 Å². The van der Waals surface area contributed by atoms with E-state index in [1.807, 2.05) is 30.3 Å². The molecule has 1 aromatic heterocycles. The Morgan fingerprint density at radius 3 is 2.89 bits per heavy atom. The zero-order valence-electron chi connectivity index (χ0n) is 11.4. The van der Waals surface area contributed by atoms with Crippen LogP contribution in [0.1, 0.15) is 37.7 Å². The number of unbranched alkanes of at least 4 members (excludes halogenated alkanes) is 1. The molecule has 0 aliphatic carbocycles. The number of hydrogen-bond donors (Lipinski definition) is 0. The van der Waals surface area contributed by atoms with Gasteiger partial charge in [-0.05, 0) is 24.1 Å². The van der Waals surface area contributed by atoms with Crippen molar-refractivity contribution in [2.24, 2.45) is 0 Å². The highest BCUT2D eigenvalue weighted by molar-refractivity contribution is 5.89. The summed E-state index contributed by atoms with van der Waals surface area (Å²) < 4.78 is 4.95. The summed E-state index contributed by atoms with van der Waals surface area (Å²) in [5.74, 6) is -0.359. The zero-order chi connectivity index (χ0) is 13.7. The Morgan fingerprint density at radius 2 is 2.16 bits per heavy atom. The van der Waals surface area contributed by atoms with Crippen LogP contribution in [-0.4, -0.2) is 18.1 Å². The Kier molecular flexibility index (Phi) is 4.50. The first-order valence-electron chi connectivity index (χ1n) is 6.69. The SMILES string of the molecule is CCCCC(C(=O)OC)c1cccc2ncccc12. The molecule has 0 spiro atoms. The minimum absolute atomic E-state index is 0.162. The van der Waals surface area contributed by atoms with Crippen LogP contribution in [-0.2, 0) is 9.53 Å². The lowest BCUT2D eigenvalue weighted by molar-refractivity contribution is -0.142. The molecule has 1 heterocycles. The molecule has 0 aliphatic heterocycles. The van der Waals surface area contributed by atoms with Gasteiger partial charge in [0.25, 0.3) is 0 Å². The van der Waals surface area contributed by atoms with Gasteiger partial charge in [0, 0.05) is 11.6 Å². The fourth-order valence-corrected chi connectivity index (χ4v) is 2.38. The van der Waals surface area contributed by atoms with E-state index in [0.717, 1.165) is 35.7 Å². The maximum atomic E-state index is 12.0. The first-order chi connectivity index (χ1) is 9.27. The number of carbonyl (C=O) groups is 1. The van der Waals surface area contributed by atoms with Gasteiger partial charge in [-0.2, -0.15) is 0 Å². The minimum atomic E-state index is -0.196. The van der Waals surface area contributed by atoms with E-state index in [4.69, 9.17) is 4.74 Å². The minimum Gasteiger partial charge on any atom is -0.469 e. The average molecular weight is 257 g/mol. The standard InChI is InChI=1S/C16H19NO2/c1-3-4-7-14(16(18)19-2)12-8-5-10-15-13(12)9-6-11-17-15/h5-6,8-11,14H,3-4,7H2,1-2H3. The summed E-state index contributed by atoms with van der Waals surface area (Å²) in [5, 5.41) is 1.04. The summed E-state index contributed by atoms with van der Waals surface area (Å²) >= 11 is 0. The summed E-state index contributed by atoms with van der Waals surface area (Å²) in [7, 11) is 1.45. The lowest BCUT2D eigenvalue weighted by atomic mass is 9.91. The summed E-state index contributed by atoms with van der Waals surface area (Å²) in [4.78, 5) is 16.4. The smallest absolute Gasteiger partial charge is 0.313 e. The van der Waals surface area contributed by atoms with Crippen molar-refractivity contribution in [3.05, 3.63) is 42.1 Å². The molecule has 0 saturated carbocycles. The molecule has 2 rings (SSSR count). The van der Waals surface area contributed by atoms with Crippen LogP contribution in [0.5, 0.6) is 0 Å². The Hall–Kier alpha value is -1.90. The van der Waals surface area contributed by atoms with Crippen molar-refractivity contribution in [2.75, 3.05) is 7.11 Å². The van der Waals surface area contributed by atoms with Gasteiger partial charge in [-0.15, -0.1) is 0 Å². The molecule has 1 atom stereocenters. The van der Waals surface area contributed by atoms with Crippen LogP contribution in [0.3, 0.4) is 0 Å². The lowest BCUT2D eigenvalue weighted by Gasteiger charge is -2.16. The predicted molar refractivity (Wildman–Crippen MR) is 76.0 cm³/mol. The number of pyridine rings is 1. The van der Waals surface area contributed by atoms with E-state index in [1.165, 1.54) is 7.11 Å². The second-order valence-electron chi connectivity index (χ2n) is 4.64. The number of aromatic nitrogens is 1. The quantitative estimate of drug-likeness (QED) is 0.767. The molecule has 1 unspecified atom stereocenters. The van der Waals surface area contributed by atoms with E-state index in [1.54, 1.807) is 6.20 Å². The number of hydrogen-bond acceptors (Lipinski definition) is 3. The number of fused-ring (bicyclic) bond motifs is 1. The Balaban J connectivity index is 2.46. The molecule has 0 fully saturated rings. The summed E-state index contributed by atoms with van der Waals surface area (Å²) in [5.41, 5.74) is 1.94. The van der Waals surface area contributed by atoms with E-state index < -0.39 is 0 Å². The van der Waals surface area contributed by atoms with Crippen LogP contribution in [0.4, 0.5) is 0 Å². The lowest BCUT2D eigenvalue weighted by Crippen LogP contribution is -2.14. The van der Waals surface area contributed by atoms with E-state index in [2.05, 4.69) is 11.9 Å². The Labute approximate surface area is 113 Å².